The van der Waals surface area contributed by atoms with Crippen LogP contribution < -0.4 is 14.8 Å². The van der Waals surface area contributed by atoms with Gasteiger partial charge in [-0.25, -0.2) is 4.79 Å². The molecule has 0 saturated heterocycles. The van der Waals surface area contributed by atoms with Gasteiger partial charge in [0, 0.05) is 23.7 Å². The zero-order valence-corrected chi connectivity index (χ0v) is 25.0. The lowest BCUT2D eigenvalue weighted by Crippen LogP contribution is -2.46. The average molecular weight is 552 g/mol. The molecule has 0 bridgehead atoms. The third-order valence-corrected chi connectivity index (χ3v) is 7.74. The molecule has 39 heavy (non-hydrogen) atoms. The predicted molar refractivity (Wildman–Crippen MR) is 159 cm³/mol. The van der Waals surface area contributed by atoms with Crippen molar-refractivity contribution in [2.75, 3.05) is 39.2 Å². The second kappa shape index (κ2) is 14.0. The molecule has 1 aromatic heterocycles. The van der Waals surface area contributed by atoms with Gasteiger partial charge in [0.25, 0.3) is 0 Å². The van der Waals surface area contributed by atoms with Crippen LogP contribution in [0.15, 0.2) is 47.8 Å². The Balaban J connectivity index is 1.78. The first-order chi connectivity index (χ1) is 18.6. The molecule has 7 nitrogen and oxygen atoms in total. The Bertz CT molecular complexity index is 1270. The summed E-state index contributed by atoms with van der Waals surface area (Å²) in [7, 11) is 3.23. The highest BCUT2D eigenvalue weighted by Crippen LogP contribution is 2.28. The van der Waals surface area contributed by atoms with E-state index in [9.17, 15) is 9.59 Å². The third kappa shape index (κ3) is 8.48. The first kappa shape index (κ1) is 30.0. The summed E-state index contributed by atoms with van der Waals surface area (Å²) in [6.07, 6.45) is 0.648. The molecule has 3 rings (SSSR count). The standard InChI is InChI=1S/C31H41N3O4S/c1-21(2)18-34(31(36)32-26-10-8-22(3)24(5)16-26)20-30(35)33(19-29-23(4)13-15-39-29)14-12-25-9-11-27(37-6)28(17-25)38-7/h8-11,13,15-17,21H,12,14,18-20H2,1-7H3,(H,32,36). The van der Waals surface area contributed by atoms with E-state index in [0.29, 0.717) is 37.6 Å². The summed E-state index contributed by atoms with van der Waals surface area (Å²) in [4.78, 5) is 31.7. The molecule has 0 spiro atoms. The second-order valence-electron chi connectivity index (χ2n) is 10.3. The van der Waals surface area contributed by atoms with E-state index in [1.54, 1.807) is 30.5 Å². The van der Waals surface area contributed by atoms with Crippen LogP contribution in [0.1, 0.15) is 41.0 Å². The van der Waals surface area contributed by atoms with E-state index in [4.69, 9.17) is 9.47 Å². The summed E-state index contributed by atoms with van der Waals surface area (Å²) in [5.74, 6) is 1.46. The molecular formula is C31H41N3O4S. The number of carbonyl (C=O) groups is 2. The molecule has 0 saturated carbocycles. The van der Waals surface area contributed by atoms with Gasteiger partial charge in [-0.05, 0) is 91.1 Å². The molecule has 0 aliphatic carbocycles. The summed E-state index contributed by atoms with van der Waals surface area (Å²) < 4.78 is 10.8. The van der Waals surface area contributed by atoms with Crippen molar-refractivity contribution < 1.29 is 19.1 Å². The molecule has 8 heteroatoms. The van der Waals surface area contributed by atoms with E-state index in [1.807, 2.05) is 74.4 Å². The Kier molecular flexibility index (Phi) is 10.8. The fraction of sp³-hybridized carbons (Fsp3) is 0.419. The van der Waals surface area contributed by atoms with Crippen molar-refractivity contribution >= 4 is 29.0 Å². The lowest BCUT2D eigenvalue weighted by Gasteiger charge is -2.29. The van der Waals surface area contributed by atoms with Crippen molar-refractivity contribution in [3.8, 4) is 11.5 Å². The number of benzene rings is 2. The van der Waals surface area contributed by atoms with Gasteiger partial charge in [0.15, 0.2) is 11.5 Å². The zero-order valence-electron chi connectivity index (χ0n) is 24.2. The van der Waals surface area contributed by atoms with E-state index < -0.39 is 0 Å². The molecule has 3 amide bonds. The number of anilines is 1. The van der Waals surface area contributed by atoms with Crippen LogP contribution >= 0.6 is 11.3 Å². The summed E-state index contributed by atoms with van der Waals surface area (Å²) in [6.45, 7) is 11.7. The van der Waals surface area contributed by atoms with Crippen LogP contribution in [-0.4, -0.2) is 55.6 Å². The van der Waals surface area contributed by atoms with E-state index >= 15 is 0 Å². The smallest absolute Gasteiger partial charge is 0.322 e. The summed E-state index contributed by atoms with van der Waals surface area (Å²) in [5.41, 5.74) is 5.20. The number of urea groups is 1. The van der Waals surface area contributed by atoms with Crippen LogP contribution in [-0.2, 0) is 17.8 Å². The van der Waals surface area contributed by atoms with Crippen molar-refractivity contribution in [3.63, 3.8) is 0 Å². The number of methoxy groups -OCH3 is 2. The van der Waals surface area contributed by atoms with Gasteiger partial charge in [-0.2, -0.15) is 0 Å². The van der Waals surface area contributed by atoms with Crippen molar-refractivity contribution in [1.29, 1.82) is 0 Å². The summed E-state index contributed by atoms with van der Waals surface area (Å²) in [5, 5.41) is 5.03. The highest BCUT2D eigenvalue weighted by atomic mass is 32.1. The Morgan fingerprint density at radius 3 is 2.26 bits per heavy atom. The van der Waals surface area contributed by atoms with Crippen molar-refractivity contribution in [1.82, 2.24) is 9.80 Å². The number of nitrogens with zero attached hydrogens (tertiary/aromatic N) is 2. The Hall–Kier alpha value is -3.52. The summed E-state index contributed by atoms with van der Waals surface area (Å²) in [6, 6.07) is 13.4. The molecule has 0 fully saturated rings. The van der Waals surface area contributed by atoms with Crippen LogP contribution in [0.25, 0.3) is 0 Å². The van der Waals surface area contributed by atoms with E-state index in [-0.39, 0.29) is 24.4 Å². The molecule has 1 heterocycles. The fourth-order valence-electron chi connectivity index (χ4n) is 4.28. The molecule has 0 aliphatic heterocycles. The molecule has 1 N–H and O–H groups in total. The van der Waals surface area contributed by atoms with Crippen molar-refractivity contribution in [3.05, 3.63) is 75.0 Å². The quantitative estimate of drug-likeness (QED) is 0.281. The number of aryl methyl sites for hydroxylation is 3. The van der Waals surface area contributed by atoms with Crippen molar-refractivity contribution in [2.45, 2.75) is 47.6 Å². The fourth-order valence-corrected chi connectivity index (χ4v) is 5.20. The SMILES string of the molecule is COc1ccc(CCN(Cc2sccc2C)C(=O)CN(CC(C)C)C(=O)Nc2ccc(C)c(C)c2)cc1OC. The van der Waals surface area contributed by atoms with Gasteiger partial charge in [-0.15, -0.1) is 11.3 Å². The number of amides is 3. The molecular weight excluding hydrogens is 510 g/mol. The molecule has 210 valence electrons. The monoisotopic (exact) mass is 551 g/mol. The largest absolute Gasteiger partial charge is 0.493 e. The van der Waals surface area contributed by atoms with E-state index in [2.05, 4.69) is 18.3 Å². The molecule has 0 aliphatic rings. The minimum Gasteiger partial charge on any atom is -0.493 e. The molecule has 0 radical (unpaired) electrons. The maximum absolute atomic E-state index is 13.7. The zero-order chi connectivity index (χ0) is 28.5. The molecule has 2 aromatic carbocycles. The maximum Gasteiger partial charge on any atom is 0.322 e. The number of hydrogen-bond acceptors (Lipinski definition) is 5. The first-order valence-corrected chi connectivity index (χ1v) is 14.1. The van der Waals surface area contributed by atoms with Gasteiger partial charge >= 0.3 is 6.03 Å². The topological polar surface area (TPSA) is 71.1 Å². The Labute approximate surface area is 236 Å². The lowest BCUT2D eigenvalue weighted by atomic mass is 10.1. The number of thiophene rings is 1. The minimum atomic E-state index is -0.271. The van der Waals surface area contributed by atoms with Crippen LogP contribution in [0.5, 0.6) is 11.5 Å². The van der Waals surface area contributed by atoms with Crippen LogP contribution in [0.3, 0.4) is 0 Å². The van der Waals surface area contributed by atoms with Gasteiger partial charge in [0.1, 0.15) is 6.54 Å². The van der Waals surface area contributed by atoms with Gasteiger partial charge in [-0.3, -0.25) is 4.79 Å². The van der Waals surface area contributed by atoms with E-state index in [0.717, 1.165) is 32.8 Å². The van der Waals surface area contributed by atoms with Gasteiger partial charge in [-0.1, -0.05) is 26.0 Å². The van der Waals surface area contributed by atoms with Crippen LogP contribution in [0, 0.1) is 26.7 Å². The number of ether oxygens (including phenoxy) is 2. The Morgan fingerprint density at radius 2 is 1.64 bits per heavy atom. The highest BCUT2D eigenvalue weighted by Gasteiger charge is 2.23. The number of carbonyl (C=O) groups excluding carboxylic acids is 2. The number of hydrogen-bond donors (Lipinski definition) is 1. The summed E-state index contributed by atoms with van der Waals surface area (Å²) >= 11 is 1.64. The predicted octanol–water partition coefficient (Wildman–Crippen LogP) is 6.45. The first-order valence-electron chi connectivity index (χ1n) is 13.3. The van der Waals surface area contributed by atoms with Gasteiger partial charge < -0.3 is 24.6 Å². The van der Waals surface area contributed by atoms with E-state index in [1.165, 1.54) is 0 Å². The van der Waals surface area contributed by atoms with Gasteiger partial charge in [0.05, 0.1) is 20.8 Å². The number of nitrogens with one attached hydrogen (secondary N) is 1. The normalized spacial score (nSPS) is 10.9. The third-order valence-electron chi connectivity index (χ3n) is 6.73. The Morgan fingerprint density at radius 1 is 0.897 bits per heavy atom. The number of rotatable bonds is 12. The molecule has 3 aromatic rings. The van der Waals surface area contributed by atoms with Crippen LogP contribution in [0.2, 0.25) is 0 Å². The minimum absolute atomic E-state index is 0.00517. The second-order valence-corrected chi connectivity index (χ2v) is 11.3. The highest BCUT2D eigenvalue weighted by molar-refractivity contribution is 7.10. The van der Waals surface area contributed by atoms with Gasteiger partial charge in [0.2, 0.25) is 5.91 Å². The van der Waals surface area contributed by atoms with Crippen LogP contribution in [0.4, 0.5) is 10.5 Å². The average Bonchev–Trinajstić information content (AvgIpc) is 3.31. The molecule has 0 atom stereocenters. The molecule has 0 unspecified atom stereocenters. The lowest BCUT2D eigenvalue weighted by molar-refractivity contribution is -0.132. The maximum atomic E-state index is 13.7. The van der Waals surface area contributed by atoms with Crippen molar-refractivity contribution in [2.24, 2.45) is 5.92 Å².